The molecule has 1 atom stereocenters. The molecule has 1 unspecified atom stereocenters. The Kier molecular flexibility index (Phi) is 3.75. The van der Waals surface area contributed by atoms with Crippen molar-refractivity contribution in [2.24, 2.45) is 0 Å². The Morgan fingerprint density at radius 2 is 2.05 bits per heavy atom. The smallest absolute Gasteiger partial charge is 0.228 e. The monoisotopic (exact) mass is 287 g/mol. The maximum Gasteiger partial charge on any atom is 0.228 e. The fourth-order valence-electron chi connectivity index (χ4n) is 1.96. The van der Waals surface area contributed by atoms with Gasteiger partial charge in [0.25, 0.3) is 0 Å². The van der Waals surface area contributed by atoms with E-state index in [0.29, 0.717) is 6.07 Å². The van der Waals surface area contributed by atoms with Gasteiger partial charge in [-0.05, 0) is 0 Å². The lowest BCUT2D eigenvalue weighted by Crippen LogP contribution is -2.25. The first-order valence-corrected chi connectivity index (χ1v) is 6.42. The van der Waals surface area contributed by atoms with Crippen molar-refractivity contribution in [2.45, 2.75) is 18.6 Å². The molecule has 1 fully saturated rings. The lowest BCUT2D eigenvalue weighted by molar-refractivity contribution is -0.117. The minimum atomic E-state index is -1.18. The van der Waals surface area contributed by atoms with Crippen LogP contribution in [0.1, 0.15) is 13.3 Å². The summed E-state index contributed by atoms with van der Waals surface area (Å²) in [5.74, 6) is -3.15. The third-order valence-electron chi connectivity index (χ3n) is 2.73. The average molecular weight is 287 g/mol. The molecule has 0 aliphatic carbocycles. The standard InChI is InChI=1S/C12H11F2NO3S/c1-6(16)19-7-2-12(18)15(5-7)10-3-8(13)9(14)4-11(10)17/h3-4,7,17H,2,5H2,1H3. The van der Waals surface area contributed by atoms with E-state index in [1.165, 1.54) is 11.8 Å². The summed E-state index contributed by atoms with van der Waals surface area (Å²) in [6.07, 6.45) is 0.128. The molecule has 0 bridgehead atoms. The molecule has 1 heterocycles. The van der Waals surface area contributed by atoms with Crippen LogP contribution in [0.25, 0.3) is 0 Å². The van der Waals surface area contributed by atoms with E-state index < -0.39 is 17.4 Å². The third-order valence-corrected chi connectivity index (χ3v) is 3.71. The van der Waals surface area contributed by atoms with Gasteiger partial charge in [-0.2, -0.15) is 0 Å². The third kappa shape index (κ3) is 2.86. The zero-order valence-corrected chi connectivity index (χ0v) is 10.8. The number of phenolic OH excluding ortho intramolecular Hbond substituents is 1. The largest absolute Gasteiger partial charge is 0.506 e. The van der Waals surface area contributed by atoms with Crippen molar-refractivity contribution in [2.75, 3.05) is 11.4 Å². The number of carbonyl (C=O) groups excluding carboxylic acids is 2. The molecule has 1 aromatic rings. The number of amides is 1. The predicted octanol–water partition coefficient (Wildman–Crippen LogP) is 2.06. The van der Waals surface area contributed by atoms with Crippen molar-refractivity contribution < 1.29 is 23.5 Å². The second-order valence-corrected chi connectivity index (χ2v) is 5.67. The fraction of sp³-hybridized carbons (Fsp3) is 0.333. The number of phenols is 1. The number of anilines is 1. The van der Waals surface area contributed by atoms with Gasteiger partial charge in [-0.25, -0.2) is 8.78 Å². The zero-order chi connectivity index (χ0) is 14.2. The van der Waals surface area contributed by atoms with Crippen molar-refractivity contribution in [3.63, 3.8) is 0 Å². The molecule has 1 N–H and O–H groups in total. The van der Waals surface area contributed by atoms with Crippen LogP contribution < -0.4 is 4.90 Å². The molecule has 19 heavy (non-hydrogen) atoms. The molecule has 7 heteroatoms. The Morgan fingerprint density at radius 3 is 2.68 bits per heavy atom. The number of nitrogens with zero attached hydrogens (tertiary/aromatic N) is 1. The lowest BCUT2D eigenvalue weighted by Gasteiger charge is -2.18. The lowest BCUT2D eigenvalue weighted by atomic mass is 10.2. The van der Waals surface area contributed by atoms with Gasteiger partial charge in [0.1, 0.15) is 5.75 Å². The first-order valence-electron chi connectivity index (χ1n) is 5.54. The molecule has 0 radical (unpaired) electrons. The van der Waals surface area contributed by atoms with Crippen LogP contribution in [0.5, 0.6) is 5.75 Å². The predicted molar refractivity (Wildman–Crippen MR) is 67.1 cm³/mol. The number of hydrogen-bond acceptors (Lipinski definition) is 4. The van der Waals surface area contributed by atoms with E-state index in [4.69, 9.17) is 0 Å². The molecule has 0 spiro atoms. The zero-order valence-electron chi connectivity index (χ0n) is 10.0. The van der Waals surface area contributed by atoms with Gasteiger partial charge in [0.15, 0.2) is 16.7 Å². The van der Waals surface area contributed by atoms with E-state index in [1.807, 2.05) is 0 Å². The van der Waals surface area contributed by atoms with Crippen LogP contribution >= 0.6 is 11.8 Å². The number of carbonyl (C=O) groups is 2. The fourth-order valence-corrected chi connectivity index (χ4v) is 2.88. The van der Waals surface area contributed by atoms with Gasteiger partial charge in [0.05, 0.1) is 5.69 Å². The number of benzene rings is 1. The topological polar surface area (TPSA) is 57.6 Å². The van der Waals surface area contributed by atoms with Crippen LogP contribution in [0.15, 0.2) is 12.1 Å². The molecule has 1 aromatic carbocycles. The van der Waals surface area contributed by atoms with Gasteiger partial charge in [-0.1, -0.05) is 11.8 Å². The van der Waals surface area contributed by atoms with Crippen molar-refractivity contribution in [1.82, 2.24) is 0 Å². The maximum atomic E-state index is 13.2. The van der Waals surface area contributed by atoms with Crippen LogP contribution in [-0.2, 0) is 9.59 Å². The van der Waals surface area contributed by atoms with Gasteiger partial charge in [-0.15, -0.1) is 0 Å². The number of rotatable bonds is 2. The maximum absolute atomic E-state index is 13.2. The van der Waals surface area contributed by atoms with Crippen molar-refractivity contribution in [3.8, 4) is 5.75 Å². The molecule has 1 saturated heterocycles. The van der Waals surface area contributed by atoms with E-state index in [-0.39, 0.29) is 34.9 Å². The van der Waals surface area contributed by atoms with E-state index in [2.05, 4.69) is 0 Å². The van der Waals surface area contributed by atoms with Gasteiger partial charge in [-0.3, -0.25) is 9.59 Å². The molecule has 0 aromatic heterocycles. The minimum absolute atomic E-state index is 0.0736. The van der Waals surface area contributed by atoms with E-state index in [1.54, 1.807) is 0 Å². The number of aromatic hydroxyl groups is 1. The minimum Gasteiger partial charge on any atom is -0.506 e. The van der Waals surface area contributed by atoms with Gasteiger partial charge in [0, 0.05) is 37.3 Å². The molecule has 4 nitrogen and oxygen atoms in total. The summed E-state index contributed by atoms with van der Waals surface area (Å²) in [6.45, 7) is 1.58. The first-order chi connectivity index (χ1) is 8.88. The molecule has 0 saturated carbocycles. The van der Waals surface area contributed by atoms with Crippen LogP contribution in [0.3, 0.4) is 0 Å². The van der Waals surface area contributed by atoms with Gasteiger partial charge >= 0.3 is 0 Å². The Morgan fingerprint density at radius 1 is 1.42 bits per heavy atom. The summed E-state index contributed by atoms with van der Waals surface area (Å²) in [5.41, 5.74) is -0.0736. The van der Waals surface area contributed by atoms with Crippen LogP contribution in [0, 0.1) is 11.6 Å². The molecule has 1 aliphatic heterocycles. The highest BCUT2D eigenvalue weighted by Crippen LogP contribution is 2.35. The van der Waals surface area contributed by atoms with Crippen molar-refractivity contribution >= 4 is 28.5 Å². The molecule has 1 amide bonds. The normalized spacial score (nSPS) is 19.0. The Bertz CT molecular complexity index is 550. The summed E-state index contributed by atoms with van der Waals surface area (Å²) >= 11 is 1.03. The number of thioether (sulfide) groups is 1. The highest BCUT2D eigenvalue weighted by molar-refractivity contribution is 8.14. The summed E-state index contributed by atoms with van der Waals surface area (Å²) in [5, 5.41) is 9.23. The SMILES string of the molecule is CC(=O)SC1CC(=O)N(c2cc(F)c(F)cc2O)C1. The Labute approximate surface area is 112 Å². The Hall–Kier alpha value is -1.63. The van der Waals surface area contributed by atoms with Crippen LogP contribution in [-0.4, -0.2) is 27.9 Å². The summed E-state index contributed by atoms with van der Waals surface area (Å²) in [6, 6.07) is 1.41. The molecule has 102 valence electrons. The van der Waals surface area contributed by atoms with Crippen LogP contribution in [0.4, 0.5) is 14.5 Å². The van der Waals surface area contributed by atoms with Crippen molar-refractivity contribution in [3.05, 3.63) is 23.8 Å². The summed E-state index contributed by atoms with van der Waals surface area (Å²) < 4.78 is 26.1. The van der Waals surface area contributed by atoms with Crippen LogP contribution in [0.2, 0.25) is 0 Å². The quantitative estimate of drug-likeness (QED) is 0.904. The highest BCUT2D eigenvalue weighted by Gasteiger charge is 2.33. The molecule has 2 rings (SSSR count). The second-order valence-electron chi connectivity index (χ2n) is 4.19. The van der Waals surface area contributed by atoms with E-state index in [0.717, 1.165) is 17.8 Å². The van der Waals surface area contributed by atoms with Gasteiger partial charge in [0.2, 0.25) is 5.91 Å². The van der Waals surface area contributed by atoms with Gasteiger partial charge < -0.3 is 10.0 Å². The van der Waals surface area contributed by atoms with E-state index >= 15 is 0 Å². The van der Waals surface area contributed by atoms with E-state index in [9.17, 15) is 23.5 Å². The summed E-state index contributed by atoms with van der Waals surface area (Å²) in [4.78, 5) is 23.9. The second kappa shape index (κ2) is 5.16. The molecular weight excluding hydrogens is 276 g/mol. The Balaban J connectivity index is 2.25. The average Bonchev–Trinajstić information content (AvgIpc) is 2.63. The highest BCUT2D eigenvalue weighted by atomic mass is 32.2. The van der Waals surface area contributed by atoms with Crippen molar-refractivity contribution in [1.29, 1.82) is 0 Å². The molecular formula is C12H11F2NO3S. The number of hydrogen-bond donors (Lipinski definition) is 1. The summed E-state index contributed by atoms with van der Waals surface area (Å²) in [7, 11) is 0. The number of halogens is 2. The first kappa shape index (κ1) is 13.8. The molecule has 1 aliphatic rings.